The van der Waals surface area contributed by atoms with Gasteiger partial charge >= 0.3 is 0 Å². The van der Waals surface area contributed by atoms with Gasteiger partial charge in [0.2, 0.25) is 0 Å². The second kappa shape index (κ2) is 6.13. The summed E-state index contributed by atoms with van der Waals surface area (Å²) in [5, 5.41) is 0.0616. The average molecular weight is 392 g/mol. The first-order valence-corrected chi connectivity index (χ1v) is 8.41. The number of hydrogen-bond acceptors (Lipinski definition) is 4. The Morgan fingerprint density at radius 2 is 2.00 bits per heavy atom. The van der Waals surface area contributed by atoms with Crippen LogP contribution >= 0.6 is 27.5 Å². The van der Waals surface area contributed by atoms with E-state index < -0.39 is 10.0 Å². The molecule has 0 fully saturated rings. The fourth-order valence-corrected chi connectivity index (χ4v) is 3.88. The maximum absolute atomic E-state index is 12.4. The summed E-state index contributed by atoms with van der Waals surface area (Å²) < 4.78 is 33.1. The van der Waals surface area contributed by atoms with E-state index in [9.17, 15) is 8.42 Å². The van der Waals surface area contributed by atoms with E-state index in [1.165, 1.54) is 19.2 Å². The number of halogens is 2. The highest BCUT2D eigenvalue weighted by Crippen LogP contribution is 2.32. The smallest absolute Gasteiger partial charge is 0.265 e. The molecule has 8 heteroatoms. The summed E-state index contributed by atoms with van der Waals surface area (Å²) in [6, 6.07) is 9.34. The van der Waals surface area contributed by atoms with Gasteiger partial charge in [-0.2, -0.15) is 0 Å². The highest BCUT2D eigenvalue weighted by Gasteiger charge is 2.21. The molecule has 0 atom stereocenters. The van der Waals surface area contributed by atoms with Gasteiger partial charge < -0.3 is 10.5 Å². The topological polar surface area (TPSA) is 81.4 Å². The van der Waals surface area contributed by atoms with Crippen molar-refractivity contribution in [2.45, 2.75) is 4.90 Å². The number of nitrogens with two attached hydrogens (primary N) is 1. The lowest BCUT2D eigenvalue weighted by Crippen LogP contribution is -2.15. The van der Waals surface area contributed by atoms with Crippen molar-refractivity contribution in [3.63, 3.8) is 0 Å². The zero-order valence-electron chi connectivity index (χ0n) is 10.9. The Morgan fingerprint density at radius 1 is 1.29 bits per heavy atom. The molecular weight excluding hydrogens is 380 g/mol. The minimum atomic E-state index is -3.89. The van der Waals surface area contributed by atoms with E-state index in [1.807, 2.05) is 0 Å². The van der Waals surface area contributed by atoms with Crippen molar-refractivity contribution in [2.75, 3.05) is 17.6 Å². The summed E-state index contributed by atoms with van der Waals surface area (Å²) in [7, 11) is -2.40. The van der Waals surface area contributed by atoms with Gasteiger partial charge in [-0.3, -0.25) is 4.72 Å². The monoisotopic (exact) mass is 390 g/mol. The molecule has 0 saturated carbocycles. The number of ether oxygens (including phenoxy) is 1. The predicted octanol–water partition coefficient (Wildman–Crippen LogP) is 3.49. The lowest BCUT2D eigenvalue weighted by atomic mass is 10.3. The average Bonchev–Trinajstić information content (AvgIpc) is 2.40. The Bertz CT molecular complexity index is 761. The molecular formula is C13H12BrClN2O3S. The normalized spacial score (nSPS) is 11.2. The summed E-state index contributed by atoms with van der Waals surface area (Å²) in [4.78, 5) is -0.145. The Balaban J connectivity index is 2.43. The van der Waals surface area contributed by atoms with Crippen LogP contribution in [0.2, 0.25) is 5.02 Å². The molecule has 0 heterocycles. The fourth-order valence-electron chi connectivity index (χ4n) is 1.74. The minimum Gasteiger partial charge on any atom is -0.495 e. The van der Waals surface area contributed by atoms with Crippen molar-refractivity contribution >= 4 is 48.9 Å². The van der Waals surface area contributed by atoms with Gasteiger partial charge in [0.1, 0.15) is 10.6 Å². The Morgan fingerprint density at radius 3 is 2.62 bits per heavy atom. The van der Waals surface area contributed by atoms with Crippen molar-refractivity contribution < 1.29 is 13.2 Å². The van der Waals surface area contributed by atoms with E-state index >= 15 is 0 Å². The number of hydrogen-bond donors (Lipinski definition) is 2. The molecule has 2 aromatic rings. The number of rotatable bonds is 4. The van der Waals surface area contributed by atoms with Crippen LogP contribution in [0.4, 0.5) is 11.4 Å². The van der Waals surface area contributed by atoms with E-state index in [1.54, 1.807) is 24.3 Å². The molecule has 0 aromatic heterocycles. The third-order valence-electron chi connectivity index (χ3n) is 2.67. The van der Waals surface area contributed by atoms with Crippen LogP contribution in [0.1, 0.15) is 0 Å². The van der Waals surface area contributed by atoms with Crippen molar-refractivity contribution in [2.24, 2.45) is 0 Å². The first kappa shape index (κ1) is 15.9. The number of methoxy groups -OCH3 is 1. The van der Waals surface area contributed by atoms with Crippen LogP contribution in [0, 0.1) is 0 Å². The highest BCUT2D eigenvalue weighted by atomic mass is 79.9. The second-order valence-electron chi connectivity index (χ2n) is 4.11. The minimum absolute atomic E-state index is 0.0616. The van der Waals surface area contributed by atoms with Crippen molar-refractivity contribution in [1.82, 2.24) is 0 Å². The lowest BCUT2D eigenvalue weighted by Gasteiger charge is -2.12. The molecule has 0 aliphatic rings. The van der Waals surface area contributed by atoms with Gasteiger partial charge in [-0.25, -0.2) is 8.42 Å². The quantitative estimate of drug-likeness (QED) is 0.782. The molecule has 2 rings (SSSR count). The molecule has 0 spiro atoms. The van der Waals surface area contributed by atoms with Gasteiger partial charge in [-0.15, -0.1) is 0 Å². The molecule has 0 radical (unpaired) electrons. The van der Waals surface area contributed by atoms with Crippen molar-refractivity contribution in [3.8, 4) is 5.75 Å². The number of anilines is 2. The largest absolute Gasteiger partial charge is 0.495 e. The maximum atomic E-state index is 12.4. The number of sulfonamides is 1. The maximum Gasteiger partial charge on any atom is 0.265 e. The Hall–Kier alpha value is -1.44. The molecule has 0 bridgehead atoms. The van der Waals surface area contributed by atoms with Crippen molar-refractivity contribution in [3.05, 3.63) is 45.9 Å². The van der Waals surface area contributed by atoms with Crippen molar-refractivity contribution in [1.29, 1.82) is 0 Å². The number of nitrogens with one attached hydrogen (secondary N) is 1. The molecule has 0 amide bonds. The zero-order chi connectivity index (χ0) is 15.6. The summed E-state index contributed by atoms with van der Waals surface area (Å²) in [6.45, 7) is 0. The first-order chi connectivity index (χ1) is 9.85. The lowest BCUT2D eigenvalue weighted by molar-refractivity contribution is 0.412. The summed E-state index contributed by atoms with van der Waals surface area (Å²) in [5.41, 5.74) is 6.13. The molecule has 0 unspecified atom stereocenters. The van der Waals surface area contributed by atoms with Crippen LogP contribution in [0.5, 0.6) is 5.75 Å². The molecule has 112 valence electrons. The molecule has 21 heavy (non-hydrogen) atoms. The fraction of sp³-hybridized carbons (Fsp3) is 0.0769. The zero-order valence-corrected chi connectivity index (χ0v) is 14.1. The van der Waals surface area contributed by atoms with Crippen LogP contribution in [0.25, 0.3) is 0 Å². The standard InChI is InChI=1S/C13H12BrClN2O3S/c1-20-12-7-8(5-6-9(12)14)17-21(18,19)13-10(15)3-2-4-11(13)16/h2-7,17H,16H2,1H3. The summed E-state index contributed by atoms with van der Waals surface area (Å²) in [6.07, 6.45) is 0. The van der Waals surface area contributed by atoms with Gasteiger partial charge in [0.25, 0.3) is 10.0 Å². The third kappa shape index (κ3) is 3.42. The molecule has 5 nitrogen and oxygen atoms in total. The molecule has 0 aliphatic heterocycles. The SMILES string of the molecule is COc1cc(NS(=O)(=O)c2c(N)cccc2Cl)ccc1Br. The summed E-state index contributed by atoms with van der Waals surface area (Å²) in [5.74, 6) is 0.502. The van der Waals surface area contributed by atoms with Crippen LogP contribution in [-0.4, -0.2) is 15.5 Å². The van der Waals surface area contributed by atoms with E-state index in [-0.39, 0.29) is 15.6 Å². The van der Waals surface area contributed by atoms with E-state index in [4.69, 9.17) is 22.1 Å². The van der Waals surface area contributed by atoms with Crippen LogP contribution in [0.15, 0.2) is 45.8 Å². The molecule has 2 aromatic carbocycles. The Kier molecular flexibility index (Phi) is 4.65. The highest BCUT2D eigenvalue weighted by molar-refractivity contribution is 9.10. The predicted molar refractivity (Wildman–Crippen MR) is 87.4 cm³/mol. The van der Waals surface area contributed by atoms with Gasteiger partial charge in [0.15, 0.2) is 0 Å². The molecule has 0 aliphatic carbocycles. The van der Waals surface area contributed by atoms with E-state index in [0.29, 0.717) is 15.9 Å². The Labute approximate surface area is 136 Å². The van der Waals surface area contributed by atoms with Crippen LogP contribution in [-0.2, 0) is 10.0 Å². The molecule has 3 N–H and O–H groups in total. The second-order valence-corrected chi connectivity index (χ2v) is 6.99. The third-order valence-corrected chi connectivity index (χ3v) is 5.25. The van der Waals surface area contributed by atoms with Crippen LogP contribution in [0.3, 0.4) is 0 Å². The first-order valence-electron chi connectivity index (χ1n) is 5.75. The van der Waals surface area contributed by atoms with Crippen LogP contribution < -0.4 is 15.2 Å². The molecule has 0 saturated heterocycles. The van der Waals surface area contributed by atoms with E-state index in [2.05, 4.69) is 20.7 Å². The van der Waals surface area contributed by atoms with Gasteiger partial charge in [0.05, 0.1) is 28.0 Å². The van der Waals surface area contributed by atoms with E-state index in [0.717, 1.165) is 0 Å². The summed E-state index contributed by atoms with van der Waals surface area (Å²) >= 11 is 9.23. The van der Waals surface area contributed by atoms with Gasteiger partial charge in [0, 0.05) is 6.07 Å². The van der Waals surface area contributed by atoms with Gasteiger partial charge in [-0.05, 0) is 40.2 Å². The van der Waals surface area contributed by atoms with Gasteiger partial charge in [-0.1, -0.05) is 17.7 Å². The number of benzene rings is 2. The number of nitrogen functional groups attached to an aromatic ring is 1.